The normalized spacial score (nSPS) is 13.7. The summed E-state index contributed by atoms with van der Waals surface area (Å²) in [6.45, 7) is 4.38. The van der Waals surface area contributed by atoms with E-state index in [1.54, 1.807) is 21.1 Å². The Morgan fingerprint density at radius 3 is 1.93 bits per heavy atom. The molecule has 0 aliphatic heterocycles. The highest BCUT2D eigenvalue weighted by Crippen LogP contribution is 2.12. The lowest BCUT2D eigenvalue weighted by molar-refractivity contribution is -0.889. The molecule has 0 amide bonds. The number of hydrogen-bond acceptors (Lipinski definition) is 7. The second-order valence-corrected chi connectivity index (χ2v) is 12.8. The van der Waals surface area contributed by atoms with Gasteiger partial charge in [-0.05, 0) is 44.9 Å². The standard InChI is InChI=1S/C38H65NO7/c1-6-8-10-12-14-15-16-17-18-19-20-21-23-24-26-28-36(40)45-33-34(32-44-31-30-35(38(42)43)39(3,4)5)46-37(41)29-27-25-22-13-11-9-7-2/h8,10,12,14-16,22,25,34-35H,6-7,9,11,13,17-21,23-24,26-33H2,1-5H3/b10-8+,14-12+,16-15+,25-22+. The minimum Gasteiger partial charge on any atom is -0.544 e. The maximum atomic E-state index is 12.5. The Labute approximate surface area is 280 Å². The molecule has 0 aromatic rings. The Hall–Kier alpha value is -2.71. The number of ether oxygens (including phenoxy) is 3. The van der Waals surface area contributed by atoms with Crippen molar-refractivity contribution in [3.8, 4) is 0 Å². The molecular weight excluding hydrogens is 582 g/mol. The molecule has 8 heteroatoms. The van der Waals surface area contributed by atoms with Crippen LogP contribution < -0.4 is 5.11 Å². The lowest BCUT2D eigenvalue weighted by atomic mass is 10.1. The van der Waals surface area contributed by atoms with Crippen LogP contribution in [0.15, 0.2) is 48.6 Å². The average Bonchev–Trinajstić information content (AvgIpc) is 3.00. The van der Waals surface area contributed by atoms with Gasteiger partial charge in [0.05, 0.1) is 40.3 Å². The number of carbonyl (C=O) groups excluding carboxylic acids is 3. The average molecular weight is 648 g/mol. The number of allylic oxidation sites excluding steroid dienone is 8. The summed E-state index contributed by atoms with van der Waals surface area (Å²) in [5, 5.41) is 11.5. The molecule has 0 bridgehead atoms. The summed E-state index contributed by atoms with van der Waals surface area (Å²) >= 11 is 0. The number of carboxylic acids is 1. The van der Waals surface area contributed by atoms with Crippen LogP contribution in [0.2, 0.25) is 0 Å². The van der Waals surface area contributed by atoms with Crippen LogP contribution in [0.25, 0.3) is 0 Å². The van der Waals surface area contributed by atoms with Crippen molar-refractivity contribution in [1.29, 1.82) is 0 Å². The number of carboxylic acid groups (broad SMARTS) is 1. The lowest BCUT2D eigenvalue weighted by Crippen LogP contribution is -2.55. The van der Waals surface area contributed by atoms with Crippen molar-refractivity contribution in [2.75, 3.05) is 41.0 Å². The van der Waals surface area contributed by atoms with Crippen LogP contribution in [0.4, 0.5) is 0 Å². The Bertz CT molecular complexity index is 901. The van der Waals surface area contributed by atoms with E-state index < -0.39 is 18.1 Å². The van der Waals surface area contributed by atoms with Crippen LogP contribution in [-0.2, 0) is 28.6 Å². The second-order valence-electron chi connectivity index (χ2n) is 12.8. The topological polar surface area (TPSA) is 102 Å². The molecule has 2 atom stereocenters. The summed E-state index contributed by atoms with van der Waals surface area (Å²) in [4.78, 5) is 36.4. The molecule has 0 heterocycles. The fourth-order valence-electron chi connectivity index (χ4n) is 4.73. The zero-order valence-corrected chi connectivity index (χ0v) is 29.7. The molecule has 0 saturated heterocycles. The Balaban J connectivity index is 4.42. The van der Waals surface area contributed by atoms with Gasteiger partial charge in [-0.3, -0.25) is 9.59 Å². The molecule has 0 spiro atoms. The van der Waals surface area contributed by atoms with Crippen LogP contribution in [-0.4, -0.2) is 75.5 Å². The molecule has 0 aromatic carbocycles. The van der Waals surface area contributed by atoms with E-state index in [9.17, 15) is 19.5 Å². The van der Waals surface area contributed by atoms with Crippen LogP contribution in [0.1, 0.15) is 123 Å². The number of quaternary nitrogens is 1. The van der Waals surface area contributed by atoms with E-state index in [2.05, 4.69) is 56.4 Å². The summed E-state index contributed by atoms with van der Waals surface area (Å²) in [6, 6.07) is -0.731. The highest BCUT2D eigenvalue weighted by Gasteiger charge is 2.25. The van der Waals surface area contributed by atoms with Gasteiger partial charge < -0.3 is 28.6 Å². The van der Waals surface area contributed by atoms with E-state index in [0.29, 0.717) is 12.8 Å². The number of unbranched alkanes of at least 4 members (excludes halogenated alkanes) is 10. The molecule has 264 valence electrons. The first-order chi connectivity index (χ1) is 22.1. The van der Waals surface area contributed by atoms with Gasteiger partial charge in [-0.25, -0.2) is 0 Å². The predicted molar refractivity (Wildman–Crippen MR) is 185 cm³/mol. The van der Waals surface area contributed by atoms with E-state index in [0.717, 1.165) is 51.4 Å². The van der Waals surface area contributed by atoms with Gasteiger partial charge in [0.1, 0.15) is 12.6 Å². The van der Waals surface area contributed by atoms with E-state index in [1.165, 1.54) is 32.1 Å². The zero-order valence-electron chi connectivity index (χ0n) is 29.7. The fraction of sp³-hybridized carbons (Fsp3) is 0.711. The molecule has 0 aliphatic rings. The van der Waals surface area contributed by atoms with Crippen molar-refractivity contribution in [1.82, 2.24) is 0 Å². The Morgan fingerprint density at radius 1 is 0.674 bits per heavy atom. The first kappa shape index (κ1) is 43.3. The number of esters is 2. The number of carbonyl (C=O) groups is 3. The Morgan fingerprint density at radius 2 is 1.28 bits per heavy atom. The molecule has 0 radical (unpaired) electrons. The number of likely N-dealkylation sites (N-methyl/N-ethyl adjacent to an activating group) is 1. The van der Waals surface area contributed by atoms with E-state index in [1.807, 2.05) is 6.08 Å². The van der Waals surface area contributed by atoms with Crippen LogP contribution in [0.5, 0.6) is 0 Å². The summed E-state index contributed by atoms with van der Waals surface area (Å²) in [6.07, 6.45) is 31.7. The number of nitrogens with zero attached hydrogens (tertiary/aromatic N) is 1. The number of aliphatic carboxylic acids is 1. The van der Waals surface area contributed by atoms with Crippen molar-refractivity contribution in [3.05, 3.63) is 48.6 Å². The van der Waals surface area contributed by atoms with Crippen molar-refractivity contribution in [2.45, 2.75) is 135 Å². The van der Waals surface area contributed by atoms with E-state index in [-0.39, 0.29) is 49.1 Å². The van der Waals surface area contributed by atoms with Gasteiger partial charge in [-0.1, -0.05) is 107 Å². The third kappa shape index (κ3) is 27.6. The van der Waals surface area contributed by atoms with Crippen LogP contribution in [0.3, 0.4) is 0 Å². The van der Waals surface area contributed by atoms with Gasteiger partial charge in [0, 0.05) is 19.3 Å². The minimum absolute atomic E-state index is 0.0194. The summed E-state index contributed by atoms with van der Waals surface area (Å²) in [7, 11) is 5.36. The molecule has 0 saturated carbocycles. The zero-order chi connectivity index (χ0) is 34.3. The third-order valence-corrected chi connectivity index (χ3v) is 7.52. The maximum Gasteiger partial charge on any atom is 0.306 e. The molecule has 8 nitrogen and oxygen atoms in total. The molecule has 0 rings (SSSR count). The van der Waals surface area contributed by atoms with Crippen molar-refractivity contribution in [3.63, 3.8) is 0 Å². The fourth-order valence-corrected chi connectivity index (χ4v) is 4.73. The highest BCUT2D eigenvalue weighted by atomic mass is 16.6. The SMILES string of the molecule is CC/C=C/C=C/C=C/CCCCCCCCCC(=O)OCC(COCCC(C(=O)[O-])[N+](C)(C)C)OC(=O)CC/C=C/CCCCC. The van der Waals surface area contributed by atoms with E-state index in [4.69, 9.17) is 14.2 Å². The number of hydrogen-bond donors (Lipinski definition) is 0. The summed E-state index contributed by atoms with van der Waals surface area (Å²) in [5.41, 5.74) is 0. The van der Waals surface area contributed by atoms with Crippen molar-refractivity contribution in [2.24, 2.45) is 0 Å². The van der Waals surface area contributed by atoms with Gasteiger partial charge in [-0.15, -0.1) is 0 Å². The molecular formula is C38H65NO7. The molecule has 0 N–H and O–H groups in total. The van der Waals surface area contributed by atoms with Gasteiger partial charge in [-0.2, -0.15) is 0 Å². The summed E-state index contributed by atoms with van der Waals surface area (Å²) < 4.78 is 16.9. The van der Waals surface area contributed by atoms with Gasteiger partial charge in [0.15, 0.2) is 6.10 Å². The first-order valence-electron chi connectivity index (χ1n) is 17.7. The lowest BCUT2D eigenvalue weighted by Gasteiger charge is -2.34. The smallest absolute Gasteiger partial charge is 0.306 e. The minimum atomic E-state index is -1.14. The largest absolute Gasteiger partial charge is 0.544 e. The van der Waals surface area contributed by atoms with Crippen LogP contribution in [0, 0.1) is 0 Å². The van der Waals surface area contributed by atoms with Gasteiger partial charge in [0.2, 0.25) is 0 Å². The molecule has 0 fully saturated rings. The first-order valence-corrected chi connectivity index (χ1v) is 17.7. The van der Waals surface area contributed by atoms with Crippen LogP contribution >= 0.6 is 0 Å². The third-order valence-electron chi connectivity index (χ3n) is 7.52. The second kappa shape index (κ2) is 29.7. The molecule has 2 unspecified atom stereocenters. The summed E-state index contributed by atoms with van der Waals surface area (Å²) in [5.74, 6) is -1.83. The van der Waals surface area contributed by atoms with Crippen molar-refractivity contribution < 1.29 is 38.2 Å². The van der Waals surface area contributed by atoms with E-state index >= 15 is 0 Å². The molecule has 0 aromatic heterocycles. The maximum absolute atomic E-state index is 12.5. The van der Waals surface area contributed by atoms with Gasteiger partial charge >= 0.3 is 11.9 Å². The van der Waals surface area contributed by atoms with Crippen molar-refractivity contribution >= 4 is 17.9 Å². The quantitative estimate of drug-likeness (QED) is 0.0268. The molecule has 0 aliphatic carbocycles. The molecule has 46 heavy (non-hydrogen) atoms. The Kier molecular flexibility index (Phi) is 27.9. The number of rotatable bonds is 30. The monoisotopic (exact) mass is 647 g/mol. The highest BCUT2D eigenvalue weighted by molar-refractivity contribution is 5.70. The predicted octanol–water partition coefficient (Wildman–Crippen LogP) is 7.18. The van der Waals surface area contributed by atoms with Gasteiger partial charge in [0.25, 0.3) is 0 Å².